The Morgan fingerprint density at radius 2 is 1.87 bits per heavy atom. The quantitative estimate of drug-likeness (QED) is 0.181. The number of hydrogen-bond donors (Lipinski definition) is 1. The van der Waals surface area contributed by atoms with Gasteiger partial charge in [-0.1, -0.05) is 12.7 Å². The Bertz CT molecular complexity index is 1770. The number of halogens is 6. The number of rotatable bonds is 10. The van der Waals surface area contributed by atoms with Gasteiger partial charge in [0.05, 0.1) is 24.9 Å². The maximum atomic E-state index is 14.8. The summed E-state index contributed by atoms with van der Waals surface area (Å²) in [7, 11) is 0. The molecule has 244 valence electrons. The van der Waals surface area contributed by atoms with Crippen molar-refractivity contribution >= 4 is 11.2 Å². The van der Waals surface area contributed by atoms with Gasteiger partial charge in [-0.25, -0.2) is 28.1 Å². The van der Waals surface area contributed by atoms with E-state index >= 15 is 0 Å². The summed E-state index contributed by atoms with van der Waals surface area (Å²) in [6.45, 7) is 7.10. The van der Waals surface area contributed by atoms with Gasteiger partial charge in [-0.2, -0.15) is 18.3 Å². The number of ether oxygens (including phenoxy) is 2. The van der Waals surface area contributed by atoms with Gasteiger partial charge in [0.15, 0.2) is 11.5 Å². The van der Waals surface area contributed by atoms with Gasteiger partial charge in [-0.3, -0.25) is 10.00 Å². The van der Waals surface area contributed by atoms with Crippen LogP contribution in [0.4, 0.5) is 26.3 Å². The van der Waals surface area contributed by atoms with Gasteiger partial charge < -0.3 is 14.0 Å². The molecular formula is C29H29F6N9O2. The lowest BCUT2D eigenvalue weighted by Crippen LogP contribution is -2.35. The third kappa shape index (κ3) is 6.60. The van der Waals surface area contributed by atoms with E-state index in [0.29, 0.717) is 62.6 Å². The number of imidazole rings is 1. The van der Waals surface area contributed by atoms with E-state index in [2.05, 4.69) is 36.7 Å². The number of pyridine rings is 1. The van der Waals surface area contributed by atoms with Gasteiger partial charge in [-0.15, -0.1) is 10.2 Å². The maximum absolute atomic E-state index is 14.8. The number of alkyl halides is 3. The summed E-state index contributed by atoms with van der Waals surface area (Å²) >= 11 is 0. The molecule has 4 aromatic rings. The zero-order valence-electron chi connectivity index (χ0n) is 24.6. The third-order valence-electron chi connectivity index (χ3n) is 8.06. The van der Waals surface area contributed by atoms with E-state index in [1.165, 1.54) is 12.1 Å². The lowest BCUT2D eigenvalue weighted by atomic mass is 9.92. The van der Waals surface area contributed by atoms with E-state index in [4.69, 9.17) is 14.5 Å². The zero-order valence-corrected chi connectivity index (χ0v) is 24.6. The van der Waals surface area contributed by atoms with Gasteiger partial charge in [0.1, 0.15) is 35.3 Å². The number of likely N-dealkylation sites (tertiary alicyclic amines) is 1. The first kappa shape index (κ1) is 31.6. The summed E-state index contributed by atoms with van der Waals surface area (Å²) in [4.78, 5) is 14.5. The minimum atomic E-state index is -4.69. The number of H-pyrrole nitrogens is 1. The molecule has 17 heteroatoms. The second-order valence-corrected chi connectivity index (χ2v) is 11.1. The predicted molar refractivity (Wildman–Crippen MR) is 151 cm³/mol. The maximum Gasteiger partial charge on any atom is 0.451 e. The van der Waals surface area contributed by atoms with E-state index in [1.54, 1.807) is 6.92 Å². The Morgan fingerprint density at radius 1 is 1.11 bits per heavy atom. The van der Waals surface area contributed by atoms with Gasteiger partial charge in [0.2, 0.25) is 11.6 Å². The number of hydrogen-bond acceptors (Lipinski definition) is 9. The third-order valence-corrected chi connectivity index (χ3v) is 8.06. The molecule has 2 saturated heterocycles. The average molecular weight is 650 g/mol. The SMILES string of the molecule is C=C(F)/C(=C\C)COc1nc(C2CCN(Cc3nc4cc(-c5n[nH]c(C(F)(F)F)n5)nnc4n3C[C@@H]3CCO3)CC2)c(F)cc1F. The Kier molecular flexibility index (Phi) is 8.78. The molecule has 0 bridgehead atoms. The van der Waals surface area contributed by atoms with Crippen molar-refractivity contribution in [2.75, 3.05) is 26.3 Å². The van der Waals surface area contributed by atoms with Crippen molar-refractivity contribution in [2.45, 2.75) is 57.5 Å². The highest BCUT2D eigenvalue weighted by Crippen LogP contribution is 2.33. The topological polar surface area (TPSA) is 120 Å². The minimum absolute atomic E-state index is 0.0323. The van der Waals surface area contributed by atoms with Crippen molar-refractivity contribution < 1.29 is 35.8 Å². The zero-order chi connectivity index (χ0) is 32.6. The van der Waals surface area contributed by atoms with Crippen molar-refractivity contribution in [3.05, 3.63) is 65.2 Å². The summed E-state index contributed by atoms with van der Waals surface area (Å²) < 4.78 is 94.7. The van der Waals surface area contributed by atoms with Gasteiger partial charge in [0, 0.05) is 24.2 Å². The first-order valence-electron chi connectivity index (χ1n) is 14.6. The fourth-order valence-corrected chi connectivity index (χ4v) is 5.41. The largest absolute Gasteiger partial charge is 0.471 e. The number of nitrogens with zero attached hydrogens (tertiary/aromatic N) is 8. The van der Waals surface area contributed by atoms with Crippen LogP contribution in [0.25, 0.3) is 22.7 Å². The summed E-state index contributed by atoms with van der Waals surface area (Å²) in [5.74, 6) is -4.05. The molecule has 0 aromatic carbocycles. The van der Waals surface area contributed by atoms with Crippen molar-refractivity contribution in [3.63, 3.8) is 0 Å². The molecule has 0 saturated carbocycles. The fourth-order valence-electron chi connectivity index (χ4n) is 5.41. The first-order chi connectivity index (χ1) is 22.0. The molecule has 1 atom stereocenters. The molecule has 6 heterocycles. The second-order valence-electron chi connectivity index (χ2n) is 11.1. The van der Waals surface area contributed by atoms with Crippen LogP contribution in [0.2, 0.25) is 0 Å². The van der Waals surface area contributed by atoms with Crippen molar-refractivity contribution in [1.29, 1.82) is 0 Å². The molecule has 0 radical (unpaired) electrons. The molecule has 0 aliphatic carbocycles. The number of aromatic amines is 1. The number of aromatic nitrogens is 8. The second kappa shape index (κ2) is 12.8. The number of allylic oxidation sites excluding steroid dienone is 1. The Morgan fingerprint density at radius 3 is 2.50 bits per heavy atom. The summed E-state index contributed by atoms with van der Waals surface area (Å²) in [5.41, 5.74) is 1.10. The monoisotopic (exact) mass is 649 g/mol. The molecule has 0 spiro atoms. The van der Waals surface area contributed by atoms with Crippen LogP contribution in [0.1, 0.15) is 49.4 Å². The van der Waals surface area contributed by atoms with Crippen LogP contribution in [-0.4, -0.2) is 77.2 Å². The first-order valence-corrected chi connectivity index (χ1v) is 14.6. The highest BCUT2D eigenvalue weighted by atomic mass is 19.4. The predicted octanol–water partition coefficient (Wildman–Crippen LogP) is 5.28. The molecule has 2 aliphatic rings. The smallest absolute Gasteiger partial charge is 0.451 e. The molecule has 2 fully saturated rings. The van der Waals surface area contributed by atoms with Crippen LogP contribution in [0.3, 0.4) is 0 Å². The van der Waals surface area contributed by atoms with Crippen LogP contribution >= 0.6 is 0 Å². The minimum Gasteiger partial charge on any atom is -0.471 e. The van der Waals surface area contributed by atoms with Crippen LogP contribution in [0.5, 0.6) is 5.88 Å². The molecule has 11 nitrogen and oxygen atoms in total. The van der Waals surface area contributed by atoms with Crippen LogP contribution in [-0.2, 0) is 24.0 Å². The molecule has 6 rings (SSSR count). The van der Waals surface area contributed by atoms with Crippen molar-refractivity contribution in [2.24, 2.45) is 0 Å². The van der Waals surface area contributed by atoms with E-state index in [1.807, 2.05) is 9.67 Å². The van der Waals surface area contributed by atoms with Crippen LogP contribution in [0, 0.1) is 11.6 Å². The fraction of sp³-hybridized carbons (Fsp3) is 0.448. The Labute approximate surface area is 258 Å². The average Bonchev–Trinajstić information content (AvgIpc) is 3.62. The normalized spacial score (nSPS) is 18.2. The van der Waals surface area contributed by atoms with E-state index in [0.717, 1.165) is 12.5 Å². The van der Waals surface area contributed by atoms with Crippen molar-refractivity contribution in [3.8, 4) is 17.4 Å². The Balaban J connectivity index is 1.18. The molecule has 2 aliphatic heterocycles. The highest BCUT2D eigenvalue weighted by Gasteiger charge is 2.36. The van der Waals surface area contributed by atoms with Crippen LogP contribution in [0.15, 0.2) is 36.2 Å². The molecule has 0 unspecified atom stereocenters. The standard InChI is InChI=1S/C29H29F6N9O2/c1-3-16(15(2)30)14-46-27-20(32)10-19(31)24(37-27)17-4-7-43(8-5-17)13-23-36-22-11-21(25-38-28(42-40-25)29(33,34)35)39-41-26(22)44(23)12-18-6-9-45-18/h3,10-11,17-18H,2,4-9,12-14H2,1H3,(H,38,40,42)/b16-3-/t18-/m0/s1. The van der Waals surface area contributed by atoms with Gasteiger partial charge >= 0.3 is 6.18 Å². The molecule has 46 heavy (non-hydrogen) atoms. The summed E-state index contributed by atoms with van der Waals surface area (Å²) in [6, 6.07) is 2.22. The molecule has 0 amide bonds. The molecule has 4 aromatic heterocycles. The number of nitrogens with one attached hydrogen (secondary N) is 1. The van der Waals surface area contributed by atoms with E-state index < -0.39 is 35.3 Å². The number of fused-ring (bicyclic) bond motifs is 1. The highest BCUT2D eigenvalue weighted by molar-refractivity contribution is 5.75. The Hall–Kier alpha value is -4.38. The lowest BCUT2D eigenvalue weighted by molar-refractivity contribution is -0.144. The van der Waals surface area contributed by atoms with Gasteiger partial charge in [0.25, 0.3) is 5.88 Å². The van der Waals surface area contributed by atoms with Crippen molar-refractivity contribution in [1.82, 2.24) is 44.8 Å². The van der Waals surface area contributed by atoms with E-state index in [-0.39, 0.29) is 41.4 Å². The van der Waals surface area contributed by atoms with E-state index in [9.17, 15) is 26.3 Å². The number of piperidine rings is 1. The van der Waals surface area contributed by atoms with Gasteiger partial charge in [-0.05, 0) is 45.3 Å². The molecular weight excluding hydrogens is 620 g/mol. The van der Waals surface area contributed by atoms with Crippen LogP contribution < -0.4 is 4.74 Å². The molecule has 1 N–H and O–H groups in total. The summed E-state index contributed by atoms with van der Waals surface area (Å²) in [5, 5.41) is 13.8. The summed E-state index contributed by atoms with van der Waals surface area (Å²) in [6.07, 6.45) is -1.40. The lowest BCUT2D eigenvalue weighted by Gasteiger charge is -2.32.